The van der Waals surface area contributed by atoms with Crippen molar-refractivity contribution in [1.29, 1.82) is 0 Å². The Morgan fingerprint density at radius 2 is 1.83 bits per heavy atom. The molecule has 0 spiro atoms. The molecule has 1 aliphatic carbocycles. The fourth-order valence-corrected chi connectivity index (χ4v) is 3.57. The van der Waals surface area contributed by atoms with Gasteiger partial charge in [-0.3, -0.25) is 9.59 Å². The van der Waals surface area contributed by atoms with Crippen molar-refractivity contribution in [3.63, 3.8) is 0 Å². The number of carbonyl (C=O) groups is 2. The van der Waals surface area contributed by atoms with Gasteiger partial charge in [0.25, 0.3) is 0 Å². The van der Waals surface area contributed by atoms with Crippen molar-refractivity contribution in [3.05, 3.63) is 0 Å². The van der Waals surface area contributed by atoms with Crippen molar-refractivity contribution in [3.8, 4) is 0 Å². The van der Waals surface area contributed by atoms with Gasteiger partial charge in [0.2, 0.25) is 5.91 Å². The zero-order valence-electron chi connectivity index (χ0n) is 15.6. The number of amides is 1. The van der Waals surface area contributed by atoms with E-state index in [1.807, 2.05) is 20.8 Å². The van der Waals surface area contributed by atoms with Gasteiger partial charge in [0.1, 0.15) is 6.10 Å². The summed E-state index contributed by atoms with van der Waals surface area (Å²) in [6.45, 7) is 5.95. The average Bonchev–Trinajstić information content (AvgIpc) is 2.54. The lowest BCUT2D eigenvalue weighted by atomic mass is 9.83. The van der Waals surface area contributed by atoms with Crippen LogP contribution in [-0.2, 0) is 9.59 Å². The van der Waals surface area contributed by atoms with Crippen LogP contribution >= 0.6 is 0 Å². The highest BCUT2D eigenvalue weighted by molar-refractivity contribution is 5.86. The summed E-state index contributed by atoms with van der Waals surface area (Å²) in [4.78, 5) is 24.5. The first kappa shape index (κ1) is 21.1. The van der Waals surface area contributed by atoms with Crippen LogP contribution in [0.4, 0.5) is 0 Å². The van der Waals surface area contributed by atoms with Gasteiger partial charge in [-0.25, -0.2) is 0 Å². The molecule has 0 aliphatic heterocycles. The van der Waals surface area contributed by atoms with Crippen LogP contribution in [0.25, 0.3) is 0 Å². The Labute approximate surface area is 146 Å². The topological polar surface area (TPSA) is 92.4 Å². The predicted molar refractivity (Wildman–Crippen MR) is 96.5 cm³/mol. The van der Waals surface area contributed by atoms with E-state index in [-0.39, 0.29) is 11.7 Å². The molecule has 140 valence electrons. The predicted octanol–water partition coefficient (Wildman–Crippen LogP) is 2.55. The molecule has 0 aromatic carbocycles. The van der Waals surface area contributed by atoms with E-state index >= 15 is 0 Å². The van der Waals surface area contributed by atoms with E-state index < -0.39 is 18.2 Å². The third-order valence-electron chi connectivity index (χ3n) is 4.91. The normalized spacial score (nSPS) is 19.8. The van der Waals surface area contributed by atoms with Gasteiger partial charge in [-0.2, -0.15) is 0 Å². The Morgan fingerprint density at radius 1 is 1.21 bits per heavy atom. The maximum Gasteiger partial charge on any atom is 0.237 e. The second kappa shape index (κ2) is 10.8. The Bertz CT molecular complexity index is 392. The zero-order valence-corrected chi connectivity index (χ0v) is 15.6. The van der Waals surface area contributed by atoms with Gasteiger partial charge < -0.3 is 16.2 Å². The van der Waals surface area contributed by atoms with Gasteiger partial charge in [-0.15, -0.1) is 0 Å². The van der Waals surface area contributed by atoms with Crippen LogP contribution in [0.1, 0.15) is 78.6 Å². The molecule has 0 heterocycles. The lowest BCUT2D eigenvalue weighted by Crippen LogP contribution is -2.52. The highest BCUT2D eigenvalue weighted by Gasteiger charge is 2.31. The number of nitrogens with one attached hydrogen (secondary N) is 1. The van der Waals surface area contributed by atoms with Crippen LogP contribution in [0.15, 0.2) is 0 Å². The van der Waals surface area contributed by atoms with Crippen molar-refractivity contribution in [1.82, 2.24) is 5.32 Å². The van der Waals surface area contributed by atoms with Crippen molar-refractivity contribution < 1.29 is 14.7 Å². The Hall–Kier alpha value is -0.940. The Kier molecular flexibility index (Phi) is 9.52. The summed E-state index contributed by atoms with van der Waals surface area (Å²) in [7, 11) is 0. The van der Waals surface area contributed by atoms with E-state index in [1.165, 1.54) is 19.3 Å². The van der Waals surface area contributed by atoms with Gasteiger partial charge in [0.05, 0.1) is 12.1 Å². The van der Waals surface area contributed by atoms with Crippen LogP contribution in [0.5, 0.6) is 0 Å². The first-order valence-electron chi connectivity index (χ1n) is 9.61. The molecular weight excluding hydrogens is 304 g/mol. The second-order valence-electron chi connectivity index (χ2n) is 7.75. The molecular formula is C19H36N2O3. The van der Waals surface area contributed by atoms with E-state index in [4.69, 9.17) is 5.73 Å². The minimum absolute atomic E-state index is 0.184. The number of rotatable bonds is 10. The van der Waals surface area contributed by atoms with Crippen molar-refractivity contribution in [2.24, 2.45) is 17.6 Å². The SMILES string of the molecule is CCCC(=O)C(O)[C@H](CC1CCCCC1)NC(=O)[C@@H](N)CC(C)C. The molecule has 1 fully saturated rings. The highest BCUT2D eigenvalue weighted by atomic mass is 16.3. The molecule has 1 unspecified atom stereocenters. The number of nitrogens with two attached hydrogens (primary N) is 1. The molecule has 1 saturated carbocycles. The van der Waals surface area contributed by atoms with Crippen LogP contribution in [0.2, 0.25) is 0 Å². The van der Waals surface area contributed by atoms with Gasteiger partial charge >= 0.3 is 0 Å². The quantitative estimate of drug-likeness (QED) is 0.570. The van der Waals surface area contributed by atoms with Crippen molar-refractivity contribution >= 4 is 11.7 Å². The lowest BCUT2D eigenvalue weighted by Gasteiger charge is -2.30. The van der Waals surface area contributed by atoms with Crippen LogP contribution in [0.3, 0.4) is 0 Å². The maximum absolute atomic E-state index is 12.4. The Balaban J connectivity index is 2.71. The summed E-state index contributed by atoms with van der Waals surface area (Å²) >= 11 is 0. The molecule has 1 amide bonds. The fourth-order valence-electron chi connectivity index (χ4n) is 3.57. The Morgan fingerprint density at radius 3 is 2.38 bits per heavy atom. The standard InChI is InChI=1S/C19H36N2O3/c1-4-8-17(22)18(23)16(12-14-9-6-5-7-10-14)21-19(24)15(20)11-13(2)3/h13-16,18,23H,4-12,20H2,1-3H3,(H,21,24)/t15-,16-,18?/m0/s1. The molecule has 5 nitrogen and oxygen atoms in total. The number of hydrogen-bond donors (Lipinski definition) is 3. The highest BCUT2D eigenvalue weighted by Crippen LogP contribution is 2.28. The monoisotopic (exact) mass is 340 g/mol. The summed E-state index contributed by atoms with van der Waals surface area (Å²) in [5.41, 5.74) is 5.96. The number of aliphatic hydroxyl groups excluding tert-OH is 1. The van der Waals surface area contributed by atoms with E-state index in [0.717, 1.165) is 12.8 Å². The number of Topliss-reactive ketones (excluding diaryl/α,β-unsaturated/α-hetero) is 1. The average molecular weight is 341 g/mol. The molecule has 4 N–H and O–H groups in total. The van der Waals surface area contributed by atoms with Crippen molar-refractivity contribution in [2.75, 3.05) is 0 Å². The molecule has 0 aromatic heterocycles. The van der Waals surface area contributed by atoms with Gasteiger partial charge in [-0.05, 0) is 31.1 Å². The summed E-state index contributed by atoms with van der Waals surface area (Å²) in [5, 5.41) is 13.3. The fraction of sp³-hybridized carbons (Fsp3) is 0.895. The molecule has 0 radical (unpaired) electrons. The molecule has 1 aliphatic rings. The van der Waals surface area contributed by atoms with Crippen LogP contribution in [-0.4, -0.2) is 35.0 Å². The van der Waals surface area contributed by atoms with Crippen LogP contribution < -0.4 is 11.1 Å². The molecule has 5 heteroatoms. The van der Waals surface area contributed by atoms with Crippen molar-refractivity contribution in [2.45, 2.75) is 96.7 Å². The summed E-state index contributed by atoms with van der Waals surface area (Å²) < 4.78 is 0. The molecule has 1 rings (SSSR count). The molecule has 3 atom stereocenters. The summed E-state index contributed by atoms with van der Waals surface area (Å²) in [5.74, 6) is 0.354. The van der Waals surface area contributed by atoms with E-state index in [0.29, 0.717) is 37.5 Å². The number of aliphatic hydroxyl groups is 1. The zero-order chi connectivity index (χ0) is 18.1. The summed E-state index contributed by atoms with van der Waals surface area (Å²) in [6, 6.07) is -1.11. The second-order valence-corrected chi connectivity index (χ2v) is 7.75. The lowest BCUT2D eigenvalue weighted by molar-refractivity contribution is -0.131. The van der Waals surface area contributed by atoms with E-state index in [9.17, 15) is 14.7 Å². The maximum atomic E-state index is 12.4. The minimum atomic E-state index is -1.12. The van der Waals surface area contributed by atoms with Crippen LogP contribution in [0, 0.1) is 11.8 Å². The van der Waals surface area contributed by atoms with E-state index in [2.05, 4.69) is 5.32 Å². The van der Waals surface area contributed by atoms with E-state index in [1.54, 1.807) is 0 Å². The summed E-state index contributed by atoms with van der Waals surface area (Å²) in [6.07, 6.45) is 7.04. The number of ketones is 1. The molecule has 0 saturated heterocycles. The van der Waals surface area contributed by atoms with Gasteiger partial charge in [-0.1, -0.05) is 52.9 Å². The van der Waals surface area contributed by atoms with Gasteiger partial charge in [0, 0.05) is 6.42 Å². The number of hydrogen-bond acceptors (Lipinski definition) is 4. The van der Waals surface area contributed by atoms with Gasteiger partial charge in [0.15, 0.2) is 5.78 Å². The third kappa shape index (κ3) is 7.31. The smallest absolute Gasteiger partial charge is 0.237 e. The number of carbonyl (C=O) groups excluding carboxylic acids is 2. The minimum Gasteiger partial charge on any atom is -0.383 e. The molecule has 0 aromatic rings. The molecule has 24 heavy (non-hydrogen) atoms. The molecule has 0 bridgehead atoms. The first-order valence-corrected chi connectivity index (χ1v) is 9.61. The largest absolute Gasteiger partial charge is 0.383 e. The third-order valence-corrected chi connectivity index (χ3v) is 4.91. The first-order chi connectivity index (χ1) is 11.3.